The molecule has 1 aliphatic carbocycles. The van der Waals surface area contributed by atoms with E-state index >= 15 is 0 Å². The van der Waals surface area contributed by atoms with Crippen LogP contribution in [0.4, 0.5) is 10.5 Å². The standard InChI is InChI=1S/C18H21N5O2/c24-17(20-13-8-9-13)16-7-3-11-22(16)18(25)21-14-5-1-2-6-15(14)23-12-4-10-19-23/h1-2,4-6,10,12-13,16H,3,7-9,11H2,(H,20,24)(H,21,25). The Kier molecular flexibility index (Phi) is 4.13. The lowest BCUT2D eigenvalue weighted by molar-refractivity contribution is -0.124. The van der Waals surface area contributed by atoms with E-state index in [2.05, 4.69) is 15.7 Å². The molecule has 7 heteroatoms. The van der Waals surface area contributed by atoms with Crippen molar-refractivity contribution in [3.8, 4) is 5.69 Å². The zero-order chi connectivity index (χ0) is 17.2. The van der Waals surface area contributed by atoms with Gasteiger partial charge in [-0.1, -0.05) is 12.1 Å². The molecule has 1 atom stereocenters. The lowest BCUT2D eigenvalue weighted by Gasteiger charge is -2.24. The minimum Gasteiger partial charge on any atom is -0.352 e. The highest BCUT2D eigenvalue weighted by Gasteiger charge is 2.36. The zero-order valence-corrected chi connectivity index (χ0v) is 13.9. The molecule has 2 fully saturated rings. The summed E-state index contributed by atoms with van der Waals surface area (Å²) in [5.41, 5.74) is 1.46. The Morgan fingerprint density at radius 2 is 1.96 bits per heavy atom. The number of benzene rings is 1. The number of hydrogen-bond donors (Lipinski definition) is 2. The predicted octanol–water partition coefficient (Wildman–Crippen LogP) is 2.15. The van der Waals surface area contributed by atoms with E-state index in [1.54, 1.807) is 15.8 Å². The van der Waals surface area contributed by atoms with Crippen LogP contribution >= 0.6 is 0 Å². The van der Waals surface area contributed by atoms with E-state index in [-0.39, 0.29) is 18.0 Å². The van der Waals surface area contributed by atoms with Gasteiger partial charge in [-0.3, -0.25) is 4.79 Å². The Labute approximate surface area is 146 Å². The van der Waals surface area contributed by atoms with Gasteiger partial charge < -0.3 is 15.5 Å². The quantitative estimate of drug-likeness (QED) is 0.896. The number of hydrogen-bond acceptors (Lipinski definition) is 3. The van der Waals surface area contributed by atoms with Crippen LogP contribution in [0.1, 0.15) is 25.7 Å². The lowest BCUT2D eigenvalue weighted by atomic mass is 10.2. The Bertz CT molecular complexity index is 770. The molecule has 3 amide bonds. The van der Waals surface area contributed by atoms with Crippen LogP contribution in [0.15, 0.2) is 42.7 Å². The SMILES string of the molecule is O=C(NC1CC1)C1CCCN1C(=O)Nc1ccccc1-n1cccn1. The summed E-state index contributed by atoms with van der Waals surface area (Å²) in [5.74, 6) is -0.0319. The van der Waals surface area contributed by atoms with E-state index < -0.39 is 0 Å². The van der Waals surface area contributed by atoms with Gasteiger partial charge in [0.15, 0.2) is 0 Å². The van der Waals surface area contributed by atoms with Crippen LogP contribution in [0.25, 0.3) is 5.69 Å². The minimum absolute atomic E-state index is 0.0319. The Morgan fingerprint density at radius 3 is 2.72 bits per heavy atom. The highest BCUT2D eigenvalue weighted by atomic mass is 16.2. The van der Waals surface area contributed by atoms with Gasteiger partial charge in [-0.15, -0.1) is 0 Å². The molecule has 1 saturated carbocycles. The molecular formula is C18H21N5O2. The fourth-order valence-electron chi connectivity index (χ4n) is 3.18. The first-order chi connectivity index (χ1) is 12.2. The molecule has 0 spiro atoms. The van der Waals surface area contributed by atoms with Gasteiger partial charge in [0.05, 0.1) is 11.4 Å². The first-order valence-corrected chi connectivity index (χ1v) is 8.69. The molecule has 0 radical (unpaired) electrons. The maximum atomic E-state index is 12.8. The fourth-order valence-corrected chi connectivity index (χ4v) is 3.18. The summed E-state index contributed by atoms with van der Waals surface area (Å²) in [4.78, 5) is 26.8. The van der Waals surface area contributed by atoms with Crippen LogP contribution in [0.5, 0.6) is 0 Å². The van der Waals surface area contributed by atoms with Crippen LogP contribution in [0.2, 0.25) is 0 Å². The topological polar surface area (TPSA) is 79.3 Å². The largest absolute Gasteiger partial charge is 0.352 e. The number of amides is 3. The number of urea groups is 1. The smallest absolute Gasteiger partial charge is 0.322 e. The molecule has 7 nitrogen and oxygen atoms in total. The molecule has 1 aliphatic heterocycles. The van der Waals surface area contributed by atoms with Crippen LogP contribution in [0, 0.1) is 0 Å². The molecule has 2 aliphatic rings. The second-order valence-electron chi connectivity index (χ2n) is 6.53. The Hall–Kier alpha value is -2.83. The van der Waals surface area contributed by atoms with Crippen molar-refractivity contribution in [1.29, 1.82) is 0 Å². The van der Waals surface area contributed by atoms with Crippen LogP contribution in [0.3, 0.4) is 0 Å². The van der Waals surface area contributed by atoms with Gasteiger partial charge in [-0.2, -0.15) is 5.10 Å². The third kappa shape index (κ3) is 3.35. The highest BCUT2D eigenvalue weighted by Crippen LogP contribution is 2.24. The number of para-hydroxylation sites is 2. The van der Waals surface area contributed by atoms with E-state index in [9.17, 15) is 9.59 Å². The Morgan fingerprint density at radius 1 is 1.12 bits per heavy atom. The molecule has 2 aromatic rings. The molecule has 0 bridgehead atoms. The molecule has 1 aromatic heterocycles. The summed E-state index contributed by atoms with van der Waals surface area (Å²) >= 11 is 0. The molecule has 130 valence electrons. The number of nitrogens with one attached hydrogen (secondary N) is 2. The normalized spacial score (nSPS) is 19.7. The average Bonchev–Trinajstić information content (AvgIpc) is 3.10. The monoisotopic (exact) mass is 339 g/mol. The van der Waals surface area contributed by atoms with Crippen molar-refractivity contribution in [1.82, 2.24) is 20.0 Å². The van der Waals surface area contributed by atoms with Gasteiger partial charge in [-0.05, 0) is 43.9 Å². The van der Waals surface area contributed by atoms with Gasteiger partial charge >= 0.3 is 6.03 Å². The molecular weight excluding hydrogens is 318 g/mol. The van der Waals surface area contributed by atoms with E-state index in [0.717, 1.165) is 24.9 Å². The van der Waals surface area contributed by atoms with Crippen molar-refractivity contribution in [2.24, 2.45) is 0 Å². The van der Waals surface area contributed by atoms with Crippen molar-refractivity contribution >= 4 is 17.6 Å². The van der Waals surface area contributed by atoms with Gasteiger partial charge in [0, 0.05) is 25.0 Å². The van der Waals surface area contributed by atoms with E-state index in [4.69, 9.17) is 0 Å². The van der Waals surface area contributed by atoms with Crippen LogP contribution in [-0.2, 0) is 4.79 Å². The van der Waals surface area contributed by atoms with Crippen LogP contribution in [-0.4, -0.2) is 45.2 Å². The van der Waals surface area contributed by atoms with Crippen molar-refractivity contribution in [2.45, 2.75) is 37.8 Å². The number of likely N-dealkylation sites (tertiary alicyclic amines) is 1. The molecule has 4 rings (SSSR count). The first-order valence-electron chi connectivity index (χ1n) is 8.69. The van der Waals surface area contributed by atoms with E-state index in [1.165, 1.54) is 0 Å². The second-order valence-corrected chi connectivity index (χ2v) is 6.53. The molecule has 25 heavy (non-hydrogen) atoms. The maximum Gasteiger partial charge on any atom is 0.322 e. The second kappa shape index (κ2) is 6.58. The highest BCUT2D eigenvalue weighted by molar-refractivity contribution is 5.95. The van der Waals surface area contributed by atoms with Crippen molar-refractivity contribution in [3.05, 3.63) is 42.7 Å². The summed E-state index contributed by atoms with van der Waals surface area (Å²) in [6, 6.07) is 9.01. The molecule has 1 aromatic carbocycles. The summed E-state index contributed by atoms with van der Waals surface area (Å²) in [6.07, 6.45) is 7.16. The van der Waals surface area contributed by atoms with Crippen LogP contribution < -0.4 is 10.6 Å². The predicted molar refractivity (Wildman–Crippen MR) is 93.5 cm³/mol. The maximum absolute atomic E-state index is 12.8. The van der Waals surface area contributed by atoms with Gasteiger partial charge in [0.1, 0.15) is 6.04 Å². The molecule has 2 N–H and O–H groups in total. The summed E-state index contributed by atoms with van der Waals surface area (Å²) < 4.78 is 1.71. The van der Waals surface area contributed by atoms with E-state index in [1.807, 2.05) is 36.5 Å². The summed E-state index contributed by atoms with van der Waals surface area (Å²) in [7, 11) is 0. The number of aromatic nitrogens is 2. The molecule has 2 heterocycles. The Balaban J connectivity index is 1.49. The minimum atomic E-state index is -0.377. The number of carbonyl (C=O) groups is 2. The number of carbonyl (C=O) groups excluding carboxylic acids is 2. The van der Waals surface area contributed by atoms with Crippen molar-refractivity contribution < 1.29 is 9.59 Å². The van der Waals surface area contributed by atoms with Crippen molar-refractivity contribution in [2.75, 3.05) is 11.9 Å². The lowest BCUT2D eigenvalue weighted by Crippen LogP contribution is -2.48. The third-order valence-electron chi connectivity index (χ3n) is 4.64. The fraction of sp³-hybridized carbons (Fsp3) is 0.389. The number of rotatable bonds is 4. The van der Waals surface area contributed by atoms with Gasteiger partial charge in [0.2, 0.25) is 5.91 Å². The van der Waals surface area contributed by atoms with Gasteiger partial charge in [-0.25, -0.2) is 9.48 Å². The number of anilines is 1. The summed E-state index contributed by atoms with van der Waals surface area (Å²) in [6.45, 7) is 0.596. The first kappa shape index (κ1) is 15.7. The van der Waals surface area contributed by atoms with E-state index in [0.29, 0.717) is 24.7 Å². The third-order valence-corrected chi connectivity index (χ3v) is 4.64. The summed E-state index contributed by atoms with van der Waals surface area (Å²) in [5, 5.41) is 10.2. The molecule has 1 saturated heterocycles. The molecule has 1 unspecified atom stereocenters. The number of nitrogens with zero attached hydrogens (tertiary/aromatic N) is 3. The van der Waals surface area contributed by atoms with Crippen molar-refractivity contribution in [3.63, 3.8) is 0 Å². The van der Waals surface area contributed by atoms with Gasteiger partial charge in [0.25, 0.3) is 0 Å². The average molecular weight is 339 g/mol. The zero-order valence-electron chi connectivity index (χ0n) is 13.9.